The number of piperazine rings is 1. The van der Waals surface area contributed by atoms with Gasteiger partial charge in [0.15, 0.2) is 0 Å². The molecule has 9 heteroatoms. The smallest absolute Gasteiger partial charge is 0.254 e. The fourth-order valence-electron chi connectivity index (χ4n) is 2.78. The van der Waals surface area contributed by atoms with Gasteiger partial charge in [0.2, 0.25) is 10.0 Å². The molecule has 138 valence electrons. The van der Waals surface area contributed by atoms with Crippen molar-refractivity contribution in [3.05, 3.63) is 63.1 Å². The molecule has 5 nitrogen and oxygen atoms in total. The Morgan fingerprint density at radius 1 is 0.885 bits per heavy atom. The molecule has 3 rings (SSSR count). The van der Waals surface area contributed by atoms with Gasteiger partial charge in [0.25, 0.3) is 5.91 Å². The lowest BCUT2D eigenvalue weighted by Gasteiger charge is -2.34. The summed E-state index contributed by atoms with van der Waals surface area (Å²) in [6, 6.07) is 11.0. The highest BCUT2D eigenvalue weighted by atomic mass is 35.5. The summed E-state index contributed by atoms with van der Waals surface area (Å²) in [6.07, 6.45) is 0. The molecule has 0 saturated carbocycles. The molecule has 0 aromatic heterocycles. The van der Waals surface area contributed by atoms with Gasteiger partial charge in [-0.1, -0.05) is 46.9 Å². The van der Waals surface area contributed by atoms with Gasteiger partial charge < -0.3 is 4.90 Å². The monoisotopic (exact) mass is 432 g/mol. The molecule has 1 heterocycles. The van der Waals surface area contributed by atoms with Crippen LogP contribution in [0.15, 0.2) is 47.4 Å². The number of carbonyl (C=O) groups is 1. The number of carbonyl (C=O) groups excluding carboxylic acids is 1. The topological polar surface area (TPSA) is 57.7 Å². The zero-order valence-electron chi connectivity index (χ0n) is 13.5. The van der Waals surface area contributed by atoms with Gasteiger partial charge >= 0.3 is 0 Å². The minimum Gasteiger partial charge on any atom is -0.336 e. The molecule has 0 bridgehead atoms. The van der Waals surface area contributed by atoms with E-state index in [1.54, 1.807) is 35.2 Å². The number of benzene rings is 2. The summed E-state index contributed by atoms with van der Waals surface area (Å²) >= 11 is 17.9. The van der Waals surface area contributed by atoms with Crippen LogP contribution in [0, 0.1) is 0 Å². The number of hydrogen-bond acceptors (Lipinski definition) is 3. The van der Waals surface area contributed by atoms with Crippen LogP contribution < -0.4 is 0 Å². The quantitative estimate of drug-likeness (QED) is 0.740. The van der Waals surface area contributed by atoms with Crippen molar-refractivity contribution < 1.29 is 13.2 Å². The van der Waals surface area contributed by atoms with Gasteiger partial charge in [0.05, 0.1) is 5.02 Å². The Hall–Kier alpha value is -1.31. The fraction of sp³-hybridized carbons (Fsp3) is 0.235. The first-order valence-corrected chi connectivity index (χ1v) is 10.4. The first-order valence-electron chi connectivity index (χ1n) is 7.79. The Bertz CT molecular complexity index is 922. The first-order chi connectivity index (χ1) is 12.3. The molecular formula is C17H15Cl3N2O3S. The van der Waals surface area contributed by atoms with Gasteiger partial charge in [-0.05, 0) is 30.3 Å². The van der Waals surface area contributed by atoms with E-state index in [-0.39, 0.29) is 42.0 Å². The largest absolute Gasteiger partial charge is 0.336 e. The average Bonchev–Trinajstić information content (AvgIpc) is 2.60. The maximum Gasteiger partial charge on any atom is 0.254 e. The van der Waals surface area contributed by atoms with Crippen LogP contribution in [0.1, 0.15) is 10.4 Å². The Morgan fingerprint density at radius 3 is 2.04 bits per heavy atom. The summed E-state index contributed by atoms with van der Waals surface area (Å²) in [4.78, 5) is 14.3. The van der Waals surface area contributed by atoms with Crippen molar-refractivity contribution in [2.45, 2.75) is 4.90 Å². The Morgan fingerprint density at radius 2 is 1.46 bits per heavy atom. The fourth-order valence-corrected chi connectivity index (χ4v) is 5.23. The molecule has 0 atom stereocenters. The second-order valence-electron chi connectivity index (χ2n) is 5.78. The highest BCUT2D eigenvalue weighted by molar-refractivity contribution is 7.89. The van der Waals surface area contributed by atoms with Crippen molar-refractivity contribution in [1.29, 1.82) is 0 Å². The van der Waals surface area contributed by atoms with E-state index in [0.29, 0.717) is 15.6 Å². The predicted molar refractivity (Wildman–Crippen MR) is 103 cm³/mol. The second-order valence-corrected chi connectivity index (χ2v) is 8.97. The number of sulfonamides is 1. The molecule has 1 fully saturated rings. The standard InChI is InChI=1S/C17H15Cl3N2O3S/c18-13-9-12(10-14(19)11-13)17(23)21-5-7-22(8-6-21)26(24,25)16-4-2-1-3-15(16)20/h1-4,9-11H,5-8H2. The van der Waals surface area contributed by atoms with Gasteiger partial charge in [-0.15, -0.1) is 0 Å². The van der Waals surface area contributed by atoms with Crippen molar-refractivity contribution >= 4 is 50.7 Å². The molecule has 0 unspecified atom stereocenters. The van der Waals surface area contributed by atoms with E-state index in [0.717, 1.165) is 0 Å². The molecular weight excluding hydrogens is 419 g/mol. The lowest BCUT2D eigenvalue weighted by atomic mass is 10.2. The number of halogens is 3. The minimum atomic E-state index is -3.70. The van der Waals surface area contributed by atoms with Crippen LogP contribution in [0.25, 0.3) is 0 Å². The SMILES string of the molecule is O=C(c1cc(Cl)cc(Cl)c1)N1CCN(S(=O)(=O)c2ccccc2Cl)CC1. The summed E-state index contributed by atoms with van der Waals surface area (Å²) in [5.74, 6) is -0.232. The predicted octanol–water partition coefficient (Wildman–Crippen LogP) is 3.79. The van der Waals surface area contributed by atoms with Crippen molar-refractivity contribution in [3.8, 4) is 0 Å². The van der Waals surface area contributed by atoms with Crippen molar-refractivity contribution in [1.82, 2.24) is 9.21 Å². The zero-order chi connectivity index (χ0) is 18.9. The molecule has 0 radical (unpaired) electrons. The van der Waals surface area contributed by atoms with E-state index < -0.39 is 10.0 Å². The number of amides is 1. The van der Waals surface area contributed by atoms with Crippen LogP contribution in [-0.4, -0.2) is 49.7 Å². The third kappa shape index (κ3) is 4.00. The second kappa shape index (κ2) is 7.74. The summed E-state index contributed by atoms with van der Waals surface area (Å²) in [5, 5.41) is 0.932. The third-order valence-corrected chi connectivity index (χ3v) is 6.92. The molecule has 2 aromatic rings. The molecule has 26 heavy (non-hydrogen) atoms. The maximum absolute atomic E-state index is 12.7. The third-order valence-electron chi connectivity index (χ3n) is 4.09. The van der Waals surface area contributed by atoms with E-state index in [1.165, 1.54) is 16.4 Å². The van der Waals surface area contributed by atoms with E-state index in [9.17, 15) is 13.2 Å². The van der Waals surface area contributed by atoms with Crippen LogP contribution in [-0.2, 0) is 10.0 Å². The molecule has 0 aliphatic carbocycles. The van der Waals surface area contributed by atoms with Crippen LogP contribution in [0.4, 0.5) is 0 Å². The van der Waals surface area contributed by atoms with E-state index in [4.69, 9.17) is 34.8 Å². The lowest BCUT2D eigenvalue weighted by Crippen LogP contribution is -2.50. The summed E-state index contributed by atoms with van der Waals surface area (Å²) in [6.45, 7) is 0.917. The van der Waals surface area contributed by atoms with Crippen LogP contribution in [0.5, 0.6) is 0 Å². The molecule has 0 spiro atoms. The number of hydrogen-bond donors (Lipinski definition) is 0. The van der Waals surface area contributed by atoms with Crippen molar-refractivity contribution in [2.75, 3.05) is 26.2 Å². The van der Waals surface area contributed by atoms with Gasteiger partial charge in [0.1, 0.15) is 4.90 Å². The van der Waals surface area contributed by atoms with Gasteiger partial charge in [-0.25, -0.2) is 8.42 Å². The minimum absolute atomic E-state index is 0.0723. The first kappa shape index (κ1) is 19.5. The molecule has 0 N–H and O–H groups in total. The van der Waals surface area contributed by atoms with Crippen molar-refractivity contribution in [3.63, 3.8) is 0 Å². The van der Waals surface area contributed by atoms with Crippen LogP contribution in [0.2, 0.25) is 15.1 Å². The Labute approximate surface area is 167 Å². The Balaban J connectivity index is 1.73. The molecule has 1 amide bonds. The molecule has 1 aliphatic heterocycles. The molecule has 2 aromatic carbocycles. The molecule has 1 aliphatic rings. The van der Waals surface area contributed by atoms with E-state index in [1.807, 2.05) is 0 Å². The molecule has 1 saturated heterocycles. The maximum atomic E-state index is 12.7. The van der Waals surface area contributed by atoms with Crippen LogP contribution in [0.3, 0.4) is 0 Å². The van der Waals surface area contributed by atoms with Gasteiger partial charge in [0, 0.05) is 41.8 Å². The lowest BCUT2D eigenvalue weighted by molar-refractivity contribution is 0.0698. The average molecular weight is 434 g/mol. The number of nitrogens with zero attached hydrogens (tertiary/aromatic N) is 2. The highest BCUT2D eigenvalue weighted by Crippen LogP contribution is 2.26. The van der Waals surface area contributed by atoms with Crippen LogP contribution >= 0.6 is 34.8 Å². The normalized spacial score (nSPS) is 15.9. The number of rotatable bonds is 3. The van der Waals surface area contributed by atoms with Gasteiger partial charge in [-0.3, -0.25) is 4.79 Å². The highest BCUT2D eigenvalue weighted by Gasteiger charge is 2.31. The van der Waals surface area contributed by atoms with E-state index >= 15 is 0 Å². The summed E-state index contributed by atoms with van der Waals surface area (Å²) < 4.78 is 26.8. The van der Waals surface area contributed by atoms with Gasteiger partial charge in [-0.2, -0.15) is 4.31 Å². The Kier molecular flexibility index (Phi) is 5.79. The summed E-state index contributed by atoms with van der Waals surface area (Å²) in [7, 11) is -3.70. The van der Waals surface area contributed by atoms with E-state index in [2.05, 4.69) is 0 Å². The zero-order valence-corrected chi connectivity index (χ0v) is 16.6. The summed E-state index contributed by atoms with van der Waals surface area (Å²) in [5.41, 5.74) is 0.380. The van der Waals surface area contributed by atoms with Crippen molar-refractivity contribution in [2.24, 2.45) is 0 Å².